The van der Waals surface area contributed by atoms with Crippen molar-refractivity contribution in [2.24, 2.45) is 40.9 Å². The van der Waals surface area contributed by atoms with Gasteiger partial charge in [-0.05, 0) is 93.3 Å². The molecule has 10 unspecified atom stereocenters. The Labute approximate surface area is 182 Å². The highest BCUT2D eigenvalue weighted by atomic mass is 16.6. The lowest BCUT2D eigenvalue weighted by atomic mass is 9.56. The van der Waals surface area contributed by atoms with E-state index in [9.17, 15) is 14.4 Å². The number of amides is 1. The minimum Gasteiger partial charge on any atom is -0.457 e. The third-order valence-electron chi connectivity index (χ3n) is 10.6. The van der Waals surface area contributed by atoms with Gasteiger partial charge in [-0.1, -0.05) is 6.58 Å². The molecule has 0 N–H and O–H groups in total. The average Bonchev–Trinajstić information content (AvgIpc) is 3.42. The Morgan fingerprint density at radius 2 is 1.97 bits per heavy atom. The number of ether oxygens (including phenoxy) is 2. The van der Waals surface area contributed by atoms with E-state index in [1.807, 2.05) is 0 Å². The summed E-state index contributed by atoms with van der Waals surface area (Å²) in [5.41, 5.74) is 0.790. The van der Waals surface area contributed by atoms with E-state index in [0.29, 0.717) is 17.2 Å². The molecular weight excluding hydrogens is 394 g/mol. The minimum absolute atomic E-state index is 0.00386. The summed E-state index contributed by atoms with van der Waals surface area (Å²) in [6.07, 6.45) is 9.22. The van der Waals surface area contributed by atoms with Crippen LogP contribution in [0.1, 0.15) is 58.3 Å². The van der Waals surface area contributed by atoms with Crippen LogP contribution in [0, 0.1) is 40.9 Å². The number of carbonyl (C=O) groups excluding carboxylic acids is 3. The topological polar surface area (TPSA) is 72.9 Å². The van der Waals surface area contributed by atoms with Crippen molar-refractivity contribution in [3.05, 3.63) is 12.2 Å². The summed E-state index contributed by atoms with van der Waals surface area (Å²) in [6.45, 7) is 4.72. The first-order valence-electron chi connectivity index (χ1n) is 12.2. The fourth-order valence-electron chi connectivity index (χ4n) is 9.97. The molecule has 1 amide bonds. The fraction of sp³-hybridized carbons (Fsp3) is 0.800. The van der Waals surface area contributed by atoms with Crippen molar-refractivity contribution in [1.29, 1.82) is 0 Å². The number of hydrogen-bond donors (Lipinski definition) is 0. The Bertz CT molecular complexity index is 925. The van der Waals surface area contributed by atoms with E-state index in [-0.39, 0.29) is 41.7 Å². The quantitative estimate of drug-likeness (QED) is 0.500. The number of rotatable bonds is 5. The number of fused-ring (bicyclic) bond motifs is 3. The SMILES string of the molecule is C=C(C)C(=O)OCC(=O)OC1C2CC3C(=O)N(C45CC6CC7CC(C4)C7(C6)C5)C1C3C2. The lowest BCUT2D eigenvalue weighted by Gasteiger charge is -2.50. The van der Waals surface area contributed by atoms with Gasteiger partial charge in [0.05, 0.1) is 6.04 Å². The summed E-state index contributed by atoms with van der Waals surface area (Å²) in [4.78, 5) is 40.2. The molecule has 7 rings (SSSR count). The van der Waals surface area contributed by atoms with Gasteiger partial charge in [0.2, 0.25) is 5.91 Å². The summed E-state index contributed by atoms with van der Waals surface area (Å²) in [5, 5.41) is 0. The van der Waals surface area contributed by atoms with Crippen LogP contribution >= 0.6 is 0 Å². The van der Waals surface area contributed by atoms with Crippen LogP contribution in [-0.4, -0.2) is 47.0 Å². The van der Waals surface area contributed by atoms with Crippen molar-refractivity contribution in [3.63, 3.8) is 0 Å². The minimum atomic E-state index is -0.575. The number of likely N-dealkylation sites (tertiary alicyclic amines) is 1. The first kappa shape index (κ1) is 18.7. The van der Waals surface area contributed by atoms with Crippen LogP contribution in [0.5, 0.6) is 0 Å². The van der Waals surface area contributed by atoms with Gasteiger partial charge >= 0.3 is 11.9 Å². The molecule has 1 saturated heterocycles. The zero-order valence-electron chi connectivity index (χ0n) is 18.2. The van der Waals surface area contributed by atoms with Crippen LogP contribution in [0.25, 0.3) is 0 Å². The maximum Gasteiger partial charge on any atom is 0.344 e. The van der Waals surface area contributed by atoms with Crippen LogP contribution in [0.4, 0.5) is 0 Å². The van der Waals surface area contributed by atoms with E-state index < -0.39 is 11.9 Å². The lowest BCUT2D eigenvalue weighted by molar-refractivity contribution is -0.166. The van der Waals surface area contributed by atoms with E-state index in [2.05, 4.69) is 11.5 Å². The van der Waals surface area contributed by atoms with E-state index in [1.54, 1.807) is 6.92 Å². The molecule has 6 saturated carbocycles. The molecule has 1 spiro atoms. The molecule has 6 heteroatoms. The van der Waals surface area contributed by atoms with Gasteiger partial charge in [0, 0.05) is 17.0 Å². The number of esters is 2. The Balaban J connectivity index is 1.15. The molecule has 1 aliphatic heterocycles. The van der Waals surface area contributed by atoms with Gasteiger partial charge in [0.15, 0.2) is 6.61 Å². The predicted molar refractivity (Wildman–Crippen MR) is 109 cm³/mol. The van der Waals surface area contributed by atoms with Gasteiger partial charge in [0.25, 0.3) is 0 Å². The van der Waals surface area contributed by atoms with Crippen molar-refractivity contribution in [2.75, 3.05) is 6.61 Å². The highest BCUT2D eigenvalue weighted by Gasteiger charge is 2.76. The third kappa shape index (κ3) is 2.17. The molecular formula is C25H31NO5. The number of hydrogen-bond acceptors (Lipinski definition) is 5. The zero-order valence-corrected chi connectivity index (χ0v) is 18.2. The first-order chi connectivity index (χ1) is 14.8. The molecule has 31 heavy (non-hydrogen) atoms. The van der Waals surface area contributed by atoms with Crippen molar-refractivity contribution < 1.29 is 23.9 Å². The van der Waals surface area contributed by atoms with Gasteiger partial charge < -0.3 is 14.4 Å². The third-order valence-corrected chi connectivity index (χ3v) is 10.6. The first-order valence-corrected chi connectivity index (χ1v) is 12.2. The second-order valence-corrected chi connectivity index (χ2v) is 12.0. The Kier molecular flexibility index (Phi) is 3.46. The maximum absolute atomic E-state index is 13.7. The molecule has 0 aromatic carbocycles. The fourth-order valence-corrected chi connectivity index (χ4v) is 9.97. The summed E-state index contributed by atoms with van der Waals surface area (Å²) < 4.78 is 11.0. The van der Waals surface area contributed by atoms with E-state index in [0.717, 1.165) is 37.0 Å². The smallest absolute Gasteiger partial charge is 0.344 e. The predicted octanol–water partition coefficient (Wildman–Crippen LogP) is 2.85. The number of nitrogens with zero attached hydrogens (tertiary/aromatic N) is 1. The molecule has 0 aromatic rings. The van der Waals surface area contributed by atoms with Crippen LogP contribution in [0.2, 0.25) is 0 Å². The van der Waals surface area contributed by atoms with Crippen LogP contribution in [0.15, 0.2) is 12.2 Å². The Morgan fingerprint density at radius 1 is 1.13 bits per heavy atom. The molecule has 10 atom stereocenters. The molecule has 166 valence electrons. The van der Waals surface area contributed by atoms with Crippen LogP contribution < -0.4 is 0 Å². The molecule has 1 heterocycles. The van der Waals surface area contributed by atoms with Crippen molar-refractivity contribution in [2.45, 2.75) is 76.0 Å². The van der Waals surface area contributed by atoms with Crippen LogP contribution in [0.3, 0.4) is 0 Å². The van der Waals surface area contributed by atoms with Crippen LogP contribution in [-0.2, 0) is 23.9 Å². The summed E-state index contributed by atoms with van der Waals surface area (Å²) in [6, 6.07) is 0.0295. The van der Waals surface area contributed by atoms with Crippen molar-refractivity contribution >= 4 is 17.8 Å². The highest BCUT2D eigenvalue weighted by Crippen LogP contribution is 2.78. The lowest BCUT2D eigenvalue weighted by Crippen LogP contribution is -2.57. The average molecular weight is 426 g/mol. The summed E-state index contributed by atoms with van der Waals surface area (Å²) >= 11 is 0. The van der Waals surface area contributed by atoms with Gasteiger partial charge in [0.1, 0.15) is 6.10 Å². The second kappa shape index (κ2) is 5.74. The van der Waals surface area contributed by atoms with Gasteiger partial charge in [-0.25, -0.2) is 9.59 Å². The molecule has 7 aliphatic rings. The number of carbonyl (C=O) groups is 3. The monoisotopic (exact) mass is 425 g/mol. The molecule has 0 aromatic heterocycles. The van der Waals surface area contributed by atoms with Gasteiger partial charge in [-0.2, -0.15) is 0 Å². The zero-order chi connectivity index (χ0) is 21.3. The second-order valence-electron chi connectivity index (χ2n) is 12.0. The molecule has 0 radical (unpaired) electrons. The standard InChI is InChI=1S/C25H31NO5/c1-12(2)23(29)30-10-19(27)31-21-14-4-17-18(5-14)22(28)26(20(17)21)24-7-13-3-15-6-16(9-24)25(15,8-13)11-24/h13-18,20-21H,1,3-11H2,2H3. The summed E-state index contributed by atoms with van der Waals surface area (Å²) in [5.74, 6) is 2.46. The molecule has 6 nitrogen and oxygen atoms in total. The van der Waals surface area contributed by atoms with Crippen molar-refractivity contribution in [1.82, 2.24) is 4.90 Å². The van der Waals surface area contributed by atoms with Crippen molar-refractivity contribution in [3.8, 4) is 0 Å². The Morgan fingerprint density at radius 3 is 2.77 bits per heavy atom. The molecule has 6 aliphatic carbocycles. The normalized spacial score (nSPS) is 51.8. The van der Waals surface area contributed by atoms with Gasteiger partial charge in [-0.15, -0.1) is 0 Å². The van der Waals surface area contributed by atoms with E-state index in [1.165, 1.54) is 32.1 Å². The summed E-state index contributed by atoms with van der Waals surface area (Å²) in [7, 11) is 0. The molecule has 7 fully saturated rings. The largest absolute Gasteiger partial charge is 0.457 e. The Hall–Kier alpha value is -1.85. The van der Waals surface area contributed by atoms with E-state index >= 15 is 0 Å². The van der Waals surface area contributed by atoms with Gasteiger partial charge in [-0.3, -0.25) is 4.79 Å². The maximum atomic E-state index is 13.7. The molecule has 5 bridgehead atoms. The van der Waals surface area contributed by atoms with E-state index in [4.69, 9.17) is 9.47 Å². The highest BCUT2D eigenvalue weighted by molar-refractivity contribution is 5.88.